The van der Waals surface area contributed by atoms with E-state index in [1.54, 1.807) is 16.8 Å². The van der Waals surface area contributed by atoms with Crippen LogP contribution in [0.3, 0.4) is 0 Å². The molecular weight excluding hydrogens is 358 g/mol. The summed E-state index contributed by atoms with van der Waals surface area (Å²) in [4.78, 5) is 12.3. The number of amides is 1. The summed E-state index contributed by atoms with van der Waals surface area (Å²) in [5.41, 5.74) is 1.64. The van der Waals surface area contributed by atoms with Crippen LogP contribution >= 0.6 is 0 Å². The topological polar surface area (TPSA) is 91.2 Å². The molecule has 1 aromatic heterocycles. The Hall–Kier alpha value is -3.42. The zero-order chi connectivity index (χ0) is 19.3. The van der Waals surface area contributed by atoms with Crippen LogP contribution < -0.4 is 14.8 Å². The Kier molecular flexibility index (Phi) is 5.18. The average molecular weight is 379 g/mol. The van der Waals surface area contributed by atoms with Gasteiger partial charge in [0, 0.05) is 18.5 Å². The van der Waals surface area contributed by atoms with Gasteiger partial charge in [-0.05, 0) is 47.2 Å². The Morgan fingerprint density at radius 3 is 2.71 bits per heavy atom. The third kappa shape index (κ3) is 4.11. The highest BCUT2D eigenvalue weighted by Gasteiger charge is 2.20. The van der Waals surface area contributed by atoms with E-state index in [9.17, 15) is 4.79 Å². The average Bonchev–Trinajstić information content (AvgIpc) is 3.13. The van der Waals surface area contributed by atoms with Crippen molar-refractivity contribution in [3.63, 3.8) is 0 Å². The molecule has 2 aromatic carbocycles. The van der Waals surface area contributed by atoms with Gasteiger partial charge in [-0.3, -0.25) is 4.79 Å². The van der Waals surface area contributed by atoms with Gasteiger partial charge >= 0.3 is 0 Å². The standard InChI is InChI=1S/C20H21N5O3/c1-14-22-23-24-25(14)12-15-6-8-16(9-7-15)20(26)21-11-10-17-13-27-18-4-2-3-5-19(18)28-17/h2-9,17H,10-13H2,1H3,(H,21,26). The molecular formula is C20H21N5O3. The number of hydrogen-bond acceptors (Lipinski definition) is 6. The highest BCUT2D eigenvalue weighted by Crippen LogP contribution is 2.31. The van der Waals surface area contributed by atoms with Crippen LogP contribution in [0.15, 0.2) is 48.5 Å². The molecule has 0 aliphatic carbocycles. The van der Waals surface area contributed by atoms with Crippen LogP contribution in [0.5, 0.6) is 11.5 Å². The summed E-state index contributed by atoms with van der Waals surface area (Å²) in [6.45, 7) is 3.42. The molecule has 28 heavy (non-hydrogen) atoms. The zero-order valence-corrected chi connectivity index (χ0v) is 15.5. The van der Waals surface area contributed by atoms with Crippen molar-refractivity contribution in [1.82, 2.24) is 25.5 Å². The van der Waals surface area contributed by atoms with Gasteiger partial charge in [0.05, 0.1) is 6.54 Å². The zero-order valence-electron chi connectivity index (χ0n) is 15.5. The first kappa shape index (κ1) is 18.0. The van der Waals surface area contributed by atoms with E-state index in [4.69, 9.17) is 9.47 Å². The fraction of sp³-hybridized carbons (Fsp3) is 0.300. The van der Waals surface area contributed by atoms with E-state index in [1.165, 1.54) is 0 Å². The number of nitrogens with zero attached hydrogens (tertiary/aromatic N) is 4. The van der Waals surface area contributed by atoms with E-state index in [0.717, 1.165) is 22.9 Å². The van der Waals surface area contributed by atoms with Crippen LogP contribution in [0.1, 0.15) is 28.2 Å². The predicted octanol–water partition coefficient (Wildman–Crippen LogP) is 1.99. The van der Waals surface area contributed by atoms with Gasteiger partial charge in [0.15, 0.2) is 11.5 Å². The highest BCUT2D eigenvalue weighted by molar-refractivity contribution is 5.94. The summed E-state index contributed by atoms with van der Waals surface area (Å²) in [5.74, 6) is 2.15. The maximum Gasteiger partial charge on any atom is 0.251 e. The van der Waals surface area contributed by atoms with Crippen molar-refractivity contribution in [3.8, 4) is 11.5 Å². The minimum Gasteiger partial charge on any atom is -0.486 e. The van der Waals surface area contributed by atoms with Crippen LogP contribution in [0.4, 0.5) is 0 Å². The van der Waals surface area contributed by atoms with Crippen LogP contribution in [0.25, 0.3) is 0 Å². The number of carbonyl (C=O) groups excluding carboxylic acids is 1. The lowest BCUT2D eigenvalue weighted by molar-refractivity contribution is 0.0813. The molecule has 1 unspecified atom stereocenters. The van der Waals surface area contributed by atoms with E-state index >= 15 is 0 Å². The predicted molar refractivity (Wildman–Crippen MR) is 101 cm³/mol. The monoisotopic (exact) mass is 379 g/mol. The van der Waals surface area contributed by atoms with Crippen LogP contribution in [0.2, 0.25) is 0 Å². The van der Waals surface area contributed by atoms with E-state index in [2.05, 4.69) is 20.8 Å². The second-order valence-corrected chi connectivity index (χ2v) is 6.62. The Balaban J connectivity index is 1.26. The maximum absolute atomic E-state index is 12.3. The summed E-state index contributed by atoms with van der Waals surface area (Å²) in [6.07, 6.45) is 0.605. The second kappa shape index (κ2) is 8.08. The number of hydrogen-bond donors (Lipinski definition) is 1. The largest absolute Gasteiger partial charge is 0.486 e. The fourth-order valence-electron chi connectivity index (χ4n) is 2.98. The van der Waals surface area contributed by atoms with Crippen molar-refractivity contribution in [1.29, 1.82) is 0 Å². The number of fused-ring (bicyclic) bond motifs is 1. The highest BCUT2D eigenvalue weighted by atomic mass is 16.6. The molecule has 0 fully saturated rings. The third-order valence-corrected chi connectivity index (χ3v) is 4.58. The first-order chi connectivity index (χ1) is 13.7. The molecule has 0 bridgehead atoms. The lowest BCUT2D eigenvalue weighted by Gasteiger charge is -2.26. The van der Waals surface area contributed by atoms with Crippen LogP contribution in [-0.4, -0.2) is 45.4 Å². The SMILES string of the molecule is Cc1nnnn1Cc1ccc(C(=O)NCCC2COc3ccccc3O2)cc1. The Bertz CT molecular complexity index is 954. The molecule has 1 aliphatic rings. The van der Waals surface area contributed by atoms with Crippen LogP contribution in [-0.2, 0) is 6.54 Å². The van der Waals surface area contributed by atoms with Crippen molar-refractivity contribution in [2.75, 3.05) is 13.2 Å². The number of benzene rings is 2. The Labute approximate surface area is 162 Å². The van der Waals surface area contributed by atoms with E-state index in [0.29, 0.717) is 31.7 Å². The summed E-state index contributed by atoms with van der Waals surface area (Å²) < 4.78 is 13.3. The molecule has 0 saturated carbocycles. The van der Waals surface area contributed by atoms with Gasteiger partial charge in [-0.2, -0.15) is 0 Å². The number of tetrazole rings is 1. The summed E-state index contributed by atoms with van der Waals surface area (Å²) in [6, 6.07) is 15.0. The lowest BCUT2D eigenvalue weighted by atomic mass is 10.1. The van der Waals surface area contributed by atoms with Gasteiger partial charge in [0.1, 0.15) is 18.5 Å². The lowest BCUT2D eigenvalue weighted by Crippen LogP contribution is -2.34. The number of nitrogens with one attached hydrogen (secondary N) is 1. The third-order valence-electron chi connectivity index (χ3n) is 4.58. The molecule has 0 radical (unpaired) electrons. The minimum atomic E-state index is -0.109. The molecule has 0 spiro atoms. The Morgan fingerprint density at radius 2 is 1.96 bits per heavy atom. The molecule has 1 N–H and O–H groups in total. The number of aryl methyl sites for hydroxylation is 1. The second-order valence-electron chi connectivity index (χ2n) is 6.62. The number of ether oxygens (including phenoxy) is 2. The molecule has 8 nitrogen and oxygen atoms in total. The molecule has 3 aromatic rings. The molecule has 144 valence electrons. The van der Waals surface area contributed by atoms with Crippen LogP contribution in [0, 0.1) is 6.92 Å². The first-order valence-corrected chi connectivity index (χ1v) is 9.17. The van der Waals surface area contributed by atoms with E-state index < -0.39 is 0 Å². The van der Waals surface area contributed by atoms with Crippen molar-refractivity contribution < 1.29 is 14.3 Å². The van der Waals surface area contributed by atoms with Gasteiger partial charge in [0.25, 0.3) is 5.91 Å². The van der Waals surface area contributed by atoms with E-state index in [-0.39, 0.29) is 12.0 Å². The number of rotatable bonds is 6. The molecule has 0 saturated heterocycles. The smallest absolute Gasteiger partial charge is 0.251 e. The summed E-state index contributed by atoms with van der Waals surface area (Å²) in [7, 11) is 0. The molecule has 1 atom stereocenters. The molecule has 8 heteroatoms. The maximum atomic E-state index is 12.3. The van der Waals surface area contributed by atoms with E-state index in [1.807, 2.05) is 43.3 Å². The van der Waals surface area contributed by atoms with Gasteiger partial charge < -0.3 is 14.8 Å². The van der Waals surface area contributed by atoms with Gasteiger partial charge in [0.2, 0.25) is 0 Å². The summed E-state index contributed by atoms with van der Waals surface area (Å²) in [5, 5.41) is 14.3. The normalized spacial score (nSPS) is 15.2. The number of aromatic nitrogens is 4. The summed E-state index contributed by atoms with van der Waals surface area (Å²) >= 11 is 0. The van der Waals surface area contributed by atoms with Crippen molar-refractivity contribution in [2.45, 2.75) is 26.0 Å². The number of para-hydroxylation sites is 2. The van der Waals surface area contributed by atoms with Gasteiger partial charge in [-0.15, -0.1) is 5.10 Å². The van der Waals surface area contributed by atoms with Crippen molar-refractivity contribution >= 4 is 5.91 Å². The first-order valence-electron chi connectivity index (χ1n) is 9.17. The van der Waals surface area contributed by atoms with Crippen molar-refractivity contribution in [3.05, 3.63) is 65.5 Å². The number of carbonyl (C=O) groups is 1. The molecule has 4 rings (SSSR count). The van der Waals surface area contributed by atoms with Gasteiger partial charge in [-0.25, -0.2) is 4.68 Å². The molecule has 1 aliphatic heterocycles. The molecule has 2 heterocycles. The quantitative estimate of drug-likeness (QED) is 0.704. The van der Waals surface area contributed by atoms with Crippen molar-refractivity contribution in [2.24, 2.45) is 0 Å². The molecule has 1 amide bonds. The Morgan fingerprint density at radius 1 is 1.18 bits per heavy atom. The fourth-order valence-corrected chi connectivity index (χ4v) is 2.98. The van der Waals surface area contributed by atoms with Gasteiger partial charge in [-0.1, -0.05) is 24.3 Å². The minimum absolute atomic E-state index is 0.0721.